The van der Waals surface area contributed by atoms with Crippen molar-refractivity contribution >= 4 is 12.6 Å². The maximum Gasteiger partial charge on any atom is 0.389 e. The molecular weight excluding hydrogens is 249 g/mol. The lowest BCUT2D eigenvalue weighted by Crippen LogP contribution is -2.06. The Morgan fingerprint density at radius 1 is 1.00 bits per heavy atom. The predicted molar refractivity (Wildman–Crippen MR) is 63.7 cm³/mol. The van der Waals surface area contributed by atoms with Crippen LogP contribution in [0.15, 0.2) is 29.2 Å². The highest BCUT2D eigenvalue weighted by Crippen LogP contribution is 2.22. The summed E-state index contributed by atoms with van der Waals surface area (Å²) in [4.78, 5) is 0.850. The molecule has 1 aromatic carbocycles. The van der Waals surface area contributed by atoms with Crippen LogP contribution in [0.4, 0.5) is 13.2 Å². The smallest absolute Gasteiger partial charge is 0.389 e. The minimum Gasteiger partial charge on any atom is -0.494 e. The van der Waals surface area contributed by atoms with Gasteiger partial charge in [-0.05, 0) is 43.5 Å². The van der Waals surface area contributed by atoms with Crippen LogP contribution in [0.5, 0.6) is 5.75 Å². The second-order valence-corrected chi connectivity index (χ2v) is 4.28. The van der Waals surface area contributed by atoms with Crippen molar-refractivity contribution in [3.8, 4) is 5.75 Å². The molecule has 1 nitrogen and oxygen atoms in total. The minimum absolute atomic E-state index is 0.169. The lowest BCUT2D eigenvalue weighted by atomic mass is 10.2. The lowest BCUT2D eigenvalue weighted by molar-refractivity contribution is -0.135. The van der Waals surface area contributed by atoms with Gasteiger partial charge in [0.2, 0.25) is 0 Å². The molecule has 0 saturated heterocycles. The normalized spacial score (nSPS) is 11.5. The molecule has 17 heavy (non-hydrogen) atoms. The number of unbranched alkanes of at least 4 members (excludes halogenated alkanes) is 2. The van der Waals surface area contributed by atoms with Crippen molar-refractivity contribution < 1.29 is 17.9 Å². The van der Waals surface area contributed by atoms with Gasteiger partial charge in [-0.2, -0.15) is 13.2 Å². The van der Waals surface area contributed by atoms with E-state index in [2.05, 4.69) is 12.6 Å². The van der Waals surface area contributed by atoms with Gasteiger partial charge < -0.3 is 4.74 Å². The highest BCUT2D eigenvalue weighted by molar-refractivity contribution is 7.80. The summed E-state index contributed by atoms with van der Waals surface area (Å²) in [5.74, 6) is 0.721. The quantitative estimate of drug-likeness (QED) is 0.589. The zero-order valence-electron chi connectivity index (χ0n) is 9.33. The molecule has 0 amide bonds. The van der Waals surface area contributed by atoms with Crippen LogP contribution in [0.1, 0.15) is 25.7 Å². The third kappa shape index (κ3) is 7.15. The lowest BCUT2D eigenvalue weighted by Gasteiger charge is -2.07. The fourth-order valence-corrected chi connectivity index (χ4v) is 1.49. The summed E-state index contributed by atoms with van der Waals surface area (Å²) in [5.41, 5.74) is 0. The van der Waals surface area contributed by atoms with Crippen LogP contribution < -0.4 is 4.74 Å². The Morgan fingerprint density at radius 2 is 1.65 bits per heavy atom. The van der Waals surface area contributed by atoms with E-state index < -0.39 is 12.6 Å². The first-order chi connectivity index (χ1) is 7.97. The molecule has 0 unspecified atom stereocenters. The van der Waals surface area contributed by atoms with Crippen molar-refractivity contribution in [2.24, 2.45) is 0 Å². The molecule has 0 aliphatic rings. The SMILES string of the molecule is FC(F)(F)CCCCCOc1ccc(S)cc1. The van der Waals surface area contributed by atoms with Crippen LogP contribution in [0.25, 0.3) is 0 Å². The van der Waals surface area contributed by atoms with Crippen molar-refractivity contribution in [1.82, 2.24) is 0 Å². The molecule has 1 rings (SSSR count). The topological polar surface area (TPSA) is 9.23 Å². The minimum atomic E-state index is -4.04. The molecule has 1 aromatic rings. The number of rotatable bonds is 6. The van der Waals surface area contributed by atoms with Crippen LogP contribution >= 0.6 is 12.6 Å². The van der Waals surface area contributed by atoms with E-state index >= 15 is 0 Å². The van der Waals surface area contributed by atoms with E-state index in [1.807, 2.05) is 12.1 Å². The van der Waals surface area contributed by atoms with Crippen molar-refractivity contribution in [1.29, 1.82) is 0 Å². The number of hydrogen-bond acceptors (Lipinski definition) is 2. The van der Waals surface area contributed by atoms with Crippen LogP contribution in [-0.2, 0) is 0 Å². The summed E-state index contributed by atoms with van der Waals surface area (Å²) in [6.45, 7) is 0.448. The summed E-state index contributed by atoms with van der Waals surface area (Å²) < 4.78 is 40.9. The van der Waals surface area contributed by atoms with Crippen LogP contribution in [0.2, 0.25) is 0 Å². The molecule has 0 spiro atoms. The Balaban J connectivity index is 2.07. The third-order valence-electron chi connectivity index (χ3n) is 2.21. The second kappa shape index (κ2) is 6.79. The molecule has 0 saturated carbocycles. The Bertz CT molecular complexity index is 322. The van der Waals surface area contributed by atoms with Gasteiger partial charge >= 0.3 is 6.18 Å². The van der Waals surface area contributed by atoms with Gasteiger partial charge in [0.25, 0.3) is 0 Å². The summed E-state index contributed by atoms with van der Waals surface area (Å²) >= 11 is 4.13. The Hall–Kier alpha value is -0.840. The molecule has 0 N–H and O–H groups in total. The maximum absolute atomic E-state index is 11.8. The first-order valence-electron chi connectivity index (χ1n) is 5.46. The van der Waals surface area contributed by atoms with E-state index in [-0.39, 0.29) is 6.42 Å². The standard InChI is InChI=1S/C12H15F3OS/c13-12(14,15)8-2-1-3-9-16-10-4-6-11(17)7-5-10/h4-7,17H,1-3,8-9H2. The first kappa shape index (κ1) is 14.2. The number of benzene rings is 1. The van der Waals surface area contributed by atoms with E-state index in [1.165, 1.54) is 0 Å². The van der Waals surface area contributed by atoms with Gasteiger partial charge in [-0.1, -0.05) is 0 Å². The fraction of sp³-hybridized carbons (Fsp3) is 0.500. The van der Waals surface area contributed by atoms with Gasteiger partial charge in [0.05, 0.1) is 6.61 Å². The number of hydrogen-bond donors (Lipinski definition) is 1. The molecule has 0 bridgehead atoms. The summed E-state index contributed by atoms with van der Waals surface area (Å²) in [7, 11) is 0. The van der Waals surface area contributed by atoms with Gasteiger partial charge in [-0.3, -0.25) is 0 Å². The first-order valence-corrected chi connectivity index (χ1v) is 5.91. The van der Waals surface area contributed by atoms with Gasteiger partial charge in [0, 0.05) is 11.3 Å². The number of thiol groups is 1. The average Bonchev–Trinajstić information content (AvgIpc) is 2.24. The molecule has 0 fully saturated rings. The van der Waals surface area contributed by atoms with Crippen molar-refractivity contribution in [3.05, 3.63) is 24.3 Å². The monoisotopic (exact) mass is 264 g/mol. The molecule has 0 radical (unpaired) electrons. The molecule has 96 valence electrons. The summed E-state index contributed by atoms with van der Waals surface area (Å²) in [6, 6.07) is 7.19. The van der Waals surface area contributed by atoms with E-state index in [0.29, 0.717) is 19.4 Å². The van der Waals surface area contributed by atoms with Crippen molar-refractivity contribution in [2.45, 2.75) is 36.8 Å². The fourth-order valence-electron chi connectivity index (χ4n) is 1.34. The molecule has 0 aliphatic heterocycles. The second-order valence-electron chi connectivity index (χ2n) is 3.77. The van der Waals surface area contributed by atoms with Crippen molar-refractivity contribution in [2.75, 3.05) is 6.61 Å². The predicted octanol–water partition coefficient (Wildman–Crippen LogP) is 4.48. The zero-order chi connectivity index (χ0) is 12.7. The highest BCUT2D eigenvalue weighted by Gasteiger charge is 2.25. The van der Waals surface area contributed by atoms with Gasteiger partial charge in [0.1, 0.15) is 5.75 Å². The van der Waals surface area contributed by atoms with E-state index in [1.54, 1.807) is 12.1 Å². The van der Waals surface area contributed by atoms with E-state index in [4.69, 9.17) is 4.74 Å². The van der Waals surface area contributed by atoms with E-state index in [9.17, 15) is 13.2 Å². The van der Waals surface area contributed by atoms with Gasteiger partial charge in [0.15, 0.2) is 0 Å². The van der Waals surface area contributed by atoms with Crippen LogP contribution in [-0.4, -0.2) is 12.8 Å². The van der Waals surface area contributed by atoms with Crippen LogP contribution in [0.3, 0.4) is 0 Å². The molecule has 0 atom stereocenters. The number of ether oxygens (including phenoxy) is 1. The molecule has 0 aliphatic carbocycles. The molecule has 0 heterocycles. The van der Waals surface area contributed by atoms with E-state index in [0.717, 1.165) is 10.6 Å². The molecular formula is C12H15F3OS. The number of halogens is 3. The average molecular weight is 264 g/mol. The molecule has 0 aromatic heterocycles. The zero-order valence-corrected chi connectivity index (χ0v) is 10.2. The Morgan fingerprint density at radius 3 is 2.24 bits per heavy atom. The highest BCUT2D eigenvalue weighted by atomic mass is 32.1. The summed E-state index contributed by atoms with van der Waals surface area (Å²) in [6.07, 6.45) is -3.41. The maximum atomic E-state index is 11.8. The summed E-state index contributed by atoms with van der Waals surface area (Å²) in [5, 5.41) is 0. The number of alkyl halides is 3. The van der Waals surface area contributed by atoms with Crippen LogP contribution in [0, 0.1) is 0 Å². The van der Waals surface area contributed by atoms with Gasteiger partial charge in [-0.15, -0.1) is 12.6 Å². The third-order valence-corrected chi connectivity index (χ3v) is 2.51. The van der Waals surface area contributed by atoms with Crippen molar-refractivity contribution in [3.63, 3.8) is 0 Å². The Labute approximate surface area is 104 Å². The molecule has 5 heteroatoms. The largest absolute Gasteiger partial charge is 0.494 e. The van der Waals surface area contributed by atoms with Gasteiger partial charge in [-0.25, -0.2) is 0 Å². The Kier molecular flexibility index (Phi) is 5.68.